The molecule has 0 saturated carbocycles. The molecule has 0 radical (unpaired) electrons. The Balaban J connectivity index is 2.02. The molecule has 3 heterocycles. The molecule has 0 aromatic carbocycles. The number of imidazole rings is 1. The summed E-state index contributed by atoms with van der Waals surface area (Å²) in [4.78, 5) is 19.7. The number of pyridine rings is 1. The summed E-state index contributed by atoms with van der Waals surface area (Å²) in [6.45, 7) is 3.85. The van der Waals surface area contributed by atoms with Crippen molar-refractivity contribution < 1.29 is 14.3 Å². The van der Waals surface area contributed by atoms with Crippen molar-refractivity contribution in [3.05, 3.63) is 57.9 Å². The van der Waals surface area contributed by atoms with Gasteiger partial charge in [-0.2, -0.15) is 4.39 Å². The second-order valence-electron chi connectivity index (χ2n) is 5.89. The molecule has 0 aliphatic rings. The summed E-state index contributed by atoms with van der Waals surface area (Å²) in [5.74, 6) is -1.18. The molecule has 0 unspecified atom stereocenters. The van der Waals surface area contributed by atoms with Crippen LogP contribution in [0.25, 0.3) is 5.65 Å². The third-order valence-electron chi connectivity index (χ3n) is 4.28. The molecule has 0 bridgehead atoms. The van der Waals surface area contributed by atoms with Gasteiger partial charge >= 0.3 is 0 Å². The van der Waals surface area contributed by atoms with E-state index in [9.17, 15) is 14.3 Å². The van der Waals surface area contributed by atoms with Crippen molar-refractivity contribution in [1.82, 2.24) is 14.3 Å². The monoisotopic (exact) mass is 361 g/mol. The van der Waals surface area contributed by atoms with Crippen LogP contribution < -0.4 is 0 Å². The van der Waals surface area contributed by atoms with Crippen LogP contribution >= 0.6 is 11.3 Å². The molecule has 3 aromatic rings. The molecule has 0 spiro atoms. The number of rotatable bonds is 6. The number of hydrogen-bond donors (Lipinski definition) is 1. The lowest BCUT2D eigenvalue weighted by molar-refractivity contribution is 0.0556. The number of aryl methyl sites for hydroxylation is 1. The fourth-order valence-corrected chi connectivity index (χ4v) is 3.54. The van der Waals surface area contributed by atoms with Crippen LogP contribution in [0.15, 0.2) is 35.8 Å². The molecule has 7 heteroatoms. The van der Waals surface area contributed by atoms with Crippen molar-refractivity contribution >= 4 is 22.9 Å². The van der Waals surface area contributed by atoms with Crippen LogP contribution in [0, 0.1) is 12.9 Å². The number of aliphatic hydroxyl groups excluding tert-OH is 1. The predicted molar refractivity (Wildman–Crippen MR) is 95.2 cm³/mol. The molecule has 1 amide bonds. The number of halogens is 1. The number of aliphatic hydroxyl groups is 1. The molecule has 3 aromatic heterocycles. The molecule has 1 N–H and O–H groups in total. The van der Waals surface area contributed by atoms with E-state index in [1.54, 1.807) is 12.3 Å². The smallest absolute Gasteiger partial charge is 0.277 e. The van der Waals surface area contributed by atoms with Gasteiger partial charge in [-0.05, 0) is 36.4 Å². The topological polar surface area (TPSA) is 57.8 Å². The minimum atomic E-state index is -0.673. The molecule has 3 rings (SSSR count). The van der Waals surface area contributed by atoms with Crippen molar-refractivity contribution in [3.63, 3.8) is 0 Å². The fraction of sp³-hybridized carbons (Fsp3) is 0.333. The number of aromatic nitrogens is 2. The first-order chi connectivity index (χ1) is 12.1. The number of hydrogen-bond acceptors (Lipinski definition) is 4. The fourth-order valence-electron chi connectivity index (χ4n) is 2.83. The van der Waals surface area contributed by atoms with E-state index in [0.717, 1.165) is 10.4 Å². The largest absolute Gasteiger partial charge is 0.394 e. The van der Waals surface area contributed by atoms with Gasteiger partial charge in [-0.1, -0.05) is 19.1 Å². The third kappa shape index (κ3) is 3.29. The normalized spacial score (nSPS) is 12.5. The minimum absolute atomic E-state index is 0.179. The highest BCUT2D eigenvalue weighted by Gasteiger charge is 2.29. The van der Waals surface area contributed by atoms with Crippen LogP contribution in [0.1, 0.15) is 34.3 Å². The number of fused-ring (bicyclic) bond motifs is 1. The van der Waals surface area contributed by atoms with Gasteiger partial charge in [0.05, 0.1) is 19.2 Å². The minimum Gasteiger partial charge on any atom is -0.394 e. The average Bonchev–Trinajstić information content (AvgIpc) is 3.24. The number of carbonyl (C=O) groups excluding carboxylic acids is 1. The van der Waals surface area contributed by atoms with Crippen molar-refractivity contribution in [2.24, 2.45) is 0 Å². The van der Waals surface area contributed by atoms with Crippen LogP contribution in [-0.4, -0.2) is 37.9 Å². The maximum atomic E-state index is 14.8. The third-order valence-corrected chi connectivity index (χ3v) is 5.14. The van der Waals surface area contributed by atoms with Crippen LogP contribution in [0.5, 0.6) is 0 Å². The molecular weight excluding hydrogens is 341 g/mol. The number of thiophene rings is 1. The Morgan fingerprint density at radius 2 is 2.24 bits per heavy atom. The Labute approximate surface area is 149 Å². The highest BCUT2D eigenvalue weighted by Crippen LogP contribution is 2.21. The molecule has 0 saturated heterocycles. The first kappa shape index (κ1) is 17.6. The number of carbonyl (C=O) groups is 1. The van der Waals surface area contributed by atoms with Gasteiger partial charge in [0, 0.05) is 11.1 Å². The number of nitrogens with zero attached hydrogens (tertiary/aromatic N) is 3. The van der Waals surface area contributed by atoms with Gasteiger partial charge < -0.3 is 10.0 Å². The Morgan fingerprint density at radius 3 is 2.84 bits per heavy atom. The van der Waals surface area contributed by atoms with E-state index >= 15 is 0 Å². The first-order valence-electron chi connectivity index (χ1n) is 8.14. The average molecular weight is 361 g/mol. The quantitative estimate of drug-likeness (QED) is 0.733. The zero-order valence-electron chi connectivity index (χ0n) is 14.1. The summed E-state index contributed by atoms with van der Waals surface area (Å²) >= 11 is 1.52. The van der Waals surface area contributed by atoms with Crippen LogP contribution in [-0.2, 0) is 6.54 Å². The lowest BCUT2D eigenvalue weighted by atomic mass is 10.2. The van der Waals surface area contributed by atoms with Gasteiger partial charge in [0.15, 0.2) is 5.69 Å². The van der Waals surface area contributed by atoms with Gasteiger partial charge in [0.2, 0.25) is 5.95 Å². The van der Waals surface area contributed by atoms with Crippen LogP contribution in [0.2, 0.25) is 0 Å². The van der Waals surface area contributed by atoms with Crippen molar-refractivity contribution in [2.75, 3.05) is 6.61 Å². The van der Waals surface area contributed by atoms with Crippen molar-refractivity contribution in [2.45, 2.75) is 32.9 Å². The molecule has 1 atom stereocenters. The standard InChI is InChI=1S/C18H20FN3O2S/c1-3-13(11-23)22(10-14-7-5-9-25-14)18(24)15-16(19)21-8-4-6-12(2)17(21)20-15/h4-9,13,23H,3,10-11H2,1-2H3/t13-/m1/s1. The van der Waals surface area contributed by atoms with Gasteiger partial charge in [-0.3, -0.25) is 9.20 Å². The molecule has 0 aliphatic carbocycles. The van der Waals surface area contributed by atoms with E-state index < -0.39 is 11.9 Å². The van der Waals surface area contributed by atoms with Gasteiger partial charge in [-0.25, -0.2) is 4.98 Å². The van der Waals surface area contributed by atoms with E-state index in [0.29, 0.717) is 18.6 Å². The Kier molecular flexibility index (Phi) is 5.15. The highest BCUT2D eigenvalue weighted by atomic mass is 32.1. The predicted octanol–water partition coefficient (Wildman–Crippen LogP) is 3.26. The van der Waals surface area contributed by atoms with E-state index in [1.165, 1.54) is 20.6 Å². The van der Waals surface area contributed by atoms with E-state index in [1.807, 2.05) is 37.4 Å². The summed E-state index contributed by atoms with van der Waals surface area (Å²) in [6.07, 6.45) is 2.12. The molecule has 0 fully saturated rings. The maximum absolute atomic E-state index is 14.8. The Morgan fingerprint density at radius 1 is 1.44 bits per heavy atom. The second-order valence-corrected chi connectivity index (χ2v) is 6.93. The SMILES string of the molecule is CC[C@H](CO)N(Cc1cccs1)C(=O)c1nc2c(C)cccn2c1F. The van der Waals surface area contributed by atoms with Crippen molar-refractivity contribution in [3.8, 4) is 0 Å². The van der Waals surface area contributed by atoms with E-state index in [2.05, 4.69) is 4.98 Å². The highest BCUT2D eigenvalue weighted by molar-refractivity contribution is 7.09. The van der Waals surface area contributed by atoms with Crippen LogP contribution in [0.4, 0.5) is 4.39 Å². The zero-order valence-corrected chi connectivity index (χ0v) is 15.0. The van der Waals surface area contributed by atoms with Gasteiger partial charge in [0.1, 0.15) is 5.65 Å². The van der Waals surface area contributed by atoms with Crippen LogP contribution in [0.3, 0.4) is 0 Å². The molecular formula is C18H20FN3O2S. The molecule has 25 heavy (non-hydrogen) atoms. The summed E-state index contributed by atoms with van der Waals surface area (Å²) in [7, 11) is 0. The van der Waals surface area contributed by atoms with E-state index in [-0.39, 0.29) is 18.3 Å². The summed E-state index contributed by atoms with van der Waals surface area (Å²) < 4.78 is 16.0. The van der Waals surface area contributed by atoms with Crippen molar-refractivity contribution in [1.29, 1.82) is 0 Å². The number of amides is 1. The summed E-state index contributed by atoms with van der Waals surface area (Å²) in [5, 5.41) is 11.6. The zero-order chi connectivity index (χ0) is 18.0. The lowest BCUT2D eigenvalue weighted by Gasteiger charge is -2.29. The Hall–Kier alpha value is -2.25. The molecule has 132 valence electrons. The lowest BCUT2D eigenvalue weighted by Crippen LogP contribution is -2.42. The second kappa shape index (κ2) is 7.33. The van der Waals surface area contributed by atoms with Gasteiger partial charge in [0.25, 0.3) is 5.91 Å². The van der Waals surface area contributed by atoms with Gasteiger partial charge in [-0.15, -0.1) is 11.3 Å². The molecule has 0 aliphatic heterocycles. The maximum Gasteiger partial charge on any atom is 0.277 e. The van der Waals surface area contributed by atoms with E-state index in [4.69, 9.17) is 0 Å². The molecule has 5 nitrogen and oxygen atoms in total. The Bertz CT molecular complexity index is 872. The summed E-state index contributed by atoms with van der Waals surface area (Å²) in [6, 6.07) is 6.96. The summed E-state index contributed by atoms with van der Waals surface area (Å²) in [5.41, 5.74) is 1.01. The first-order valence-corrected chi connectivity index (χ1v) is 9.02.